The van der Waals surface area contributed by atoms with Gasteiger partial charge in [-0.15, -0.1) is 11.3 Å². The van der Waals surface area contributed by atoms with Crippen molar-refractivity contribution in [3.63, 3.8) is 0 Å². The van der Waals surface area contributed by atoms with Crippen LogP contribution in [0.3, 0.4) is 0 Å². The molecule has 1 aliphatic rings. The number of likely N-dealkylation sites (tertiary alicyclic amines) is 1. The minimum Gasteiger partial charge on any atom is -0.444 e. The molecule has 3 N–H and O–H groups in total. The van der Waals surface area contributed by atoms with E-state index in [1.54, 1.807) is 11.1 Å². The molecule has 0 saturated carbocycles. The number of nitrogens with two attached hydrogens (primary N) is 1. The average Bonchev–Trinajstić information content (AvgIpc) is 3.30. The Labute approximate surface area is 209 Å². The summed E-state index contributed by atoms with van der Waals surface area (Å²) >= 11 is 1.38. The number of carbonyl (C=O) groups is 2. The summed E-state index contributed by atoms with van der Waals surface area (Å²) < 4.78 is 5.47. The van der Waals surface area contributed by atoms with Crippen LogP contribution in [0, 0.1) is 5.92 Å². The number of carbonyl (C=O) groups excluding carboxylic acids is 2. The second-order valence-electron chi connectivity index (χ2n) is 10.0. The highest BCUT2D eigenvalue weighted by Crippen LogP contribution is 2.24. The lowest BCUT2D eigenvalue weighted by Gasteiger charge is -2.33. The monoisotopic (exact) mass is 495 g/mol. The van der Waals surface area contributed by atoms with Crippen LogP contribution in [-0.4, -0.2) is 45.6 Å². The van der Waals surface area contributed by atoms with Crippen LogP contribution in [0.5, 0.6) is 0 Å². The number of nitrogens with one attached hydrogen (secondary N) is 1. The van der Waals surface area contributed by atoms with Crippen LogP contribution >= 0.6 is 11.3 Å². The van der Waals surface area contributed by atoms with Crippen molar-refractivity contribution in [1.82, 2.24) is 20.2 Å². The number of rotatable bonds is 6. The van der Waals surface area contributed by atoms with Gasteiger partial charge in [-0.3, -0.25) is 4.79 Å². The molecule has 3 aromatic rings. The summed E-state index contributed by atoms with van der Waals surface area (Å²) in [5, 5.41) is 7.31. The van der Waals surface area contributed by atoms with Crippen molar-refractivity contribution in [2.75, 3.05) is 18.8 Å². The fourth-order valence-electron chi connectivity index (χ4n) is 4.23. The lowest BCUT2D eigenvalue weighted by Crippen LogP contribution is -2.41. The van der Waals surface area contributed by atoms with Gasteiger partial charge < -0.3 is 20.7 Å². The maximum Gasteiger partial charge on any atom is 0.410 e. The number of hydrogen-bond donors (Lipinski definition) is 2. The molecule has 0 spiro atoms. The number of fused-ring (bicyclic) bond motifs is 1. The Bertz CT molecular complexity index is 1200. The first-order valence-corrected chi connectivity index (χ1v) is 12.9. The molecular weight excluding hydrogens is 462 g/mol. The maximum atomic E-state index is 12.6. The molecule has 1 fully saturated rings. The molecule has 0 unspecified atom stereocenters. The van der Waals surface area contributed by atoms with E-state index in [2.05, 4.69) is 15.3 Å². The van der Waals surface area contributed by atoms with Gasteiger partial charge in [-0.1, -0.05) is 12.1 Å². The van der Waals surface area contributed by atoms with E-state index >= 15 is 0 Å². The molecule has 35 heavy (non-hydrogen) atoms. The Balaban J connectivity index is 1.22. The summed E-state index contributed by atoms with van der Waals surface area (Å²) in [6.45, 7) is 7.53. The first kappa shape index (κ1) is 24.9. The predicted octanol–water partition coefficient (Wildman–Crippen LogP) is 4.78. The number of aromatic nitrogens is 2. The van der Waals surface area contributed by atoms with Crippen molar-refractivity contribution in [3.8, 4) is 0 Å². The van der Waals surface area contributed by atoms with Gasteiger partial charge in [-0.25, -0.2) is 14.8 Å². The number of nitrogens with zero attached hydrogens (tertiary/aromatic N) is 3. The number of nitrogen functional groups attached to an aromatic ring is 1. The van der Waals surface area contributed by atoms with Crippen molar-refractivity contribution >= 4 is 39.9 Å². The lowest BCUT2D eigenvalue weighted by atomic mass is 9.92. The van der Waals surface area contributed by atoms with Crippen LogP contribution in [0.15, 0.2) is 35.8 Å². The van der Waals surface area contributed by atoms with Gasteiger partial charge in [0.25, 0.3) is 5.91 Å². The van der Waals surface area contributed by atoms with E-state index in [1.807, 2.05) is 50.4 Å². The van der Waals surface area contributed by atoms with Crippen LogP contribution in [0.25, 0.3) is 10.8 Å². The minimum absolute atomic E-state index is 0.166. The number of amides is 2. The second-order valence-corrected chi connectivity index (χ2v) is 10.9. The smallest absolute Gasteiger partial charge is 0.410 e. The van der Waals surface area contributed by atoms with Gasteiger partial charge in [-0.05, 0) is 75.5 Å². The Morgan fingerprint density at radius 2 is 2.00 bits per heavy atom. The number of hydrogen-bond acceptors (Lipinski definition) is 7. The fraction of sp³-hybridized carbons (Fsp3) is 0.462. The predicted molar refractivity (Wildman–Crippen MR) is 138 cm³/mol. The summed E-state index contributed by atoms with van der Waals surface area (Å²) in [5.74, 6) is 0.882. The third kappa shape index (κ3) is 6.69. The zero-order chi connectivity index (χ0) is 25.0. The van der Waals surface area contributed by atoms with Crippen molar-refractivity contribution in [1.29, 1.82) is 0 Å². The SMILES string of the molecule is CC(C)(C)OC(=O)N1CCC(CCc2csc(C(=O)NCc3ccc4c(N)nccc4c3)n2)CC1. The summed E-state index contributed by atoms with van der Waals surface area (Å²) in [6, 6.07) is 7.79. The molecule has 186 valence electrons. The molecule has 2 aromatic heterocycles. The van der Waals surface area contributed by atoms with Crippen molar-refractivity contribution < 1.29 is 14.3 Å². The molecule has 8 nitrogen and oxygen atoms in total. The number of anilines is 1. The number of benzene rings is 1. The van der Waals surface area contributed by atoms with Gasteiger partial charge in [-0.2, -0.15) is 0 Å². The molecule has 2 amide bonds. The van der Waals surface area contributed by atoms with E-state index in [0.29, 0.717) is 23.3 Å². The van der Waals surface area contributed by atoms with Crippen LogP contribution in [0.4, 0.5) is 10.6 Å². The molecular formula is C26H33N5O3S. The lowest BCUT2D eigenvalue weighted by molar-refractivity contribution is 0.0181. The zero-order valence-electron chi connectivity index (χ0n) is 20.5. The van der Waals surface area contributed by atoms with E-state index in [4.69, 9.17) is 10.5 Å². The third-order valence-corrected chi connectivity index (χ3v) is 7.02. The van der Waals surface area contributed by atoms with Gasteiger partial charge in [0.15, 0.2) is 5.01 Å². The summed E-state index contributed by atoms with van der Waals surface area (Å²) in [5.41, 5.74) is 7.38. The molecule has 1 aromatic carbocycles. The van der Waals surface area contributed by atoms with E-state index < -0.39 is 5.60 Å². The van der Waals surface area contributed by atoms with Crippen LogP contribution in [0.2, 0.25) is 0 Å². The van der Waals surface area contributed by atoms with Crippen LogP contribution in [-0.2, 0) is 17.7 Å². The Kier molecular flexibility index (Phi) is 7.54. The van der Waals surface area contributed by atoms with E-state index in [0.717, 1.165) is 60.8 Å². The van der Waals surface area contributed by atoms with Gasteiger partial charge in [0, 0.05) is 36.6 Å². The fourth-order valence-corrected chi connectivity index (χ4v) is 4.99. The molecule has 9 heteroatoms. The number of ether oxygens (including phenoxy) is 1. The number of thiazole rings is 1. The summed E-state index contributed by atoms with van der Waals surface area (Å²) in [6.07, 6.45) is 5.22. The minimum atomic E-state index is -0.468. The Morgan fingerprint density at radius 1 is 1.23 bits per heavy atom. The molecule has 0 aliphatic carbocycles. The number of pyridine rings is 1. The van der Waals surface area contributed by atoms with Crippen molar-refractivity contribution in [2.24, 2.45) is 5.92 Å². The molecule has 0 bridgehead atoms. The summed E-state index contributed by atoms with van der Waals surface area (Å²) in [7, 11) is 0. The van der Waals surface area contributed by atoms with Crippen LogP contribution < -0.4 is 11.1 Å². The highest BCUT2D eigenvalue weighted by molar-refractivity contribution is 7.11. The standard InChI is InChI=1S/C26H33N5O3S/c1-26(2,3)34-25(33)31-12-9-17(10-13-31)4-6-20-16-35-24(30-20)23(32)29-15-18-5-7-21-19(14-18)8-11-28-22(21)27/h5,7-8,11,14,16-17H,4,6,9-10,12-13,15H2,1-3H3,(H2,27,28)(H,29,32). The molecule has 0 atom stereocenters. The quantitative estimate of drug-likeness (QED) is 0.509. The Morgan fingerprint density at radius 3 is 2.74 bits per heavy atom. The van der Waals surface area contributed by atoms with Crippen molar-refractivity contribution in [3.05, 3.63) is 52.1 Å². The normalized spacial score (nSPS) is 14.8. The van der Waals surface area contributed by atoms with Crippen molar-refractivity contribution in [2.45, 2.75) is 58.6 Å². The second kappa shape index (κ2) is 10.6. The summed E-state index contributed by atoms with van der Waals surface area (Å²) in [4.78, 5) is 35.3. The molecule has 0 radical (unpaired) electrons. The van der Waals surface area contributed by atoms with Gasteiger partial charge in [0.1, 0.15) is 11.4 Å². The average molecular weight is 496 g/mol. The maximum absolute atomic E-state index is 12.6. The van der Waals surface area contributed by atoms with Crippen LogP contribution in [0.1, 0.15) is 61.1 Å². The molecule has 1 saturated heterocycles. The molecule has 3 heterocycles. The first-order chi connectivity index (χ1) is 16.7. The molecule has 4 rings (SSSR count). The number of piperidine rings is 1. The van der Waals surface area contributed by atoms with E-state index in [-0.39, 0.29) is 12.0 Å². The highest BCUT2D eigenvalue weighted by Gasteiger charge is 2.26. The molecule has 1 aliphatic heterocycles. The van der Waals surface area contributed by atoms with E-state index in [1.165, 1.54) is 11.3 Å². The van der Waals surface area contributed by atoms with Gasteiger partial charge >= 0.3 is 6.09 Å². The highest BCUT2D eigenvalue weighted by atomic mass is 32.1. The first-order valence-electron chi connectivity index (χ1n) is 12.0. The number of aryl methyl sites for hydroxylation is 1. The van der Waals surface area contributed by atoms with Gasteiger partial charge in [0.2, 0.25) is 0 Å². The Hall–Kier alpha value is -3.20. The van der Waals surface area contributed by atoms with E-state index in [9.17, 15) is 9.59 Å². The topological polar surface area (TPSA) is 110 Å². The third-order valence-electron chi connectivity index (χ3n) is 6.13. The zero-order valence-corrected chi connectivity index (χ0v) is 21.4. The van der Waals surface area contributed by atoms with Gasteiger partial charge in [0.05, 0.1) is 5.69 Å². The largest absolute Gasteiger partial charge is 0.444 e.